The lowest BCUT2D eigenvalue weighted by Gasteiger charge is -2.03. The van der Waals surface area contributed by atoms with Gasteiger partial charge in [0.1, 0.15) is 11.6 Å². The summed E-state index contributed by atoms with van der Waals surface area (Å²) in [5.74, 6) is 0.582. The lowest BCUT2D eigenvalue weighted by atomic mass is 10.1. The van der Waals surface area contributed by atoms with E-state index >= 15 is 0 Å². The molecule has 0 spiro atoms. The minimum atomic E-state index is -0.221. The van der Waals surface area contributed by atoms with Gasteiger partial charge in [-0.1, -0.05) is 12.1 Å². The Morgan fingerprint density at radius 3 is 2.47 bits per heavy atom. The Kier molecular flexibility index (Phi) is 2.63. The van der Waals surface area contributed by atoms with Gasteiger partial charge in [0.15, 0.2) is 0 Å². The first-order chi connectivity index (χ1) is 7.29. The summed E-state index contributed by atoms with van der Waals surface area (Å²) in [6.07, 6.45) is 1.73. The number of hydrogen-bond donors (Lipinski definition) is 1. The van der Waals surface area contributed by atoms with Gasteiger partial charge in [0.05, 0.1) is 0 Å². The van der Waals surface area contributed by atoms with Crippen LogP contribution in [-0.4, -0.2) is 12.0 Å². The molecule has 76 valence electrons. The number of nitrogens with zero attached hydrogens (tertiary/aromatic N) is 1. The summed E-state index contributed by atoms with van der Waals surface area (Å²) in [5, 5.41) is 2.96. The van der Waals surface area contributed by atoms with Crippen molar-refractivity contribution in [1.82, 2.24) is 4.98 Å². The fraction of sp³-hybridized carbons (Fsp3) is 0.0833. The zero-order chi connectivity index (χ0) is 10.7. The van der Waals surface area contributed by atoms with Crippen LogP contribution in [-0.2, 0) is 0 Å². The van der Waals surface area contributed by atoms with Gasteiger partial charge in [-0.25, -0.2) is 9.37 Å². The molecule has 0 bridgehead atoms. The van der Waals surface area contributed by atoms with E-state index in [-0.39, 0.29) is 5.82 Å². The minimum absolute atomic E-state index is 0.221. The maximum Gasteiger partial charge on any atom is 0.126 e. The highest BCUT2D eigenvalue weighted by atomic mass is 19.1. The van der Waals surface area contributed by atoms with E-state index < -0.39 is 0 Å². The topological polar surface area (TPSA) is 24.9 Å². The molecule has 0 fully saturated rings. The van der Waals surface area contributed by atoms with Gasteiger partial charge >= 0.3 is 0 Å². The standard InChI is InChI=1S/C12H11FN2/c1-14-12-8-10(6-7-15-12)9-2-4-11(13)5-3-9/h2-8H,1H3,(H,14,15). The monoisotopic (exact) mass is 202 g/mol. The number of halogens is 1. The zero-order valence-electron chi connectivity index (χ0n) is 8.37. The molecule has 0 aliphatic rings. The van der Waals surface area contributed by atoms with Gasteiger partial charge in [0.25, 0.3) is 0 Å². The fourth-order valence-corrected chi connectivity index (χ4v) is 1.39. The van der Waals surface area contributed by atoms with E-state index in [2.05, 4.69) is 10.3 Å². The van der Waals surface area contributed by atoms with Crippen molar-refractivity contribution in [2.24, 2.45) is 0 Å². The molecule has 15 heavy (non-hydrogen) atoms. The van der Waals surface area contributed by atoms with Crippen molar-refractivity contribution < 1.29 is 4.39 Å². The fourth-order valence-electron chi connectivity index (χ4n) is 1.39. The third-order valence-corrected chi connectivity index (χ3v) is 2.19. The number of benzene rings is 1. The Balaban J connectivity index is 2.40. The first kappa shape index (κ1) is 9.65. The van der Waals surface area contributed by atoms with Crippen LogP contribution < -0.4 is 5.32 Å². The SMILES string of the molecule is CNc1cc(-c2ccc(F)cc2)ccn1. The lowest BCUT2D eigenvalue weighted by molar-refractivity contribution is 0.628. The van der Waals surface area contributed by atoms with Crippen LogP contribution in [0.3, 0.4) is 0 Å². The average molecular weight is 202 g/mol. The van der Waals surface area contributed by atoms with Gasteiger partial charge in [-0.15, -0.1) is 0 Å². The van der Waals surface area contributed by atoms with Crippen LogP contribution >= 0.6 is 0 Å². The van der Waals surface area contributed by atoms with Crippen molar-refractivity contribution in [3.05, 3.63) is 48.4 Å². The summed E-state index contributed by atoms with van der Waals surface area (Å²) >= 11 is 0. The molecule has 0 atom stereocenters. The van der Waals surface area contributed by atoms with Crippen LogP contribution in [0.2, 0.25) is 0 Å². The molecular weight excluding hydrogens is 191 g/mol. The molecule has 2 rings (SSSR count). The molecule has 3 heteroatoms. The molecule has 0 saturated heterocycles. The molecule has 0 amide bonds. The highest BCUT2D eigenvalue weighted by molar-refractivity contribution is 5.65. The molecule has 2 nitrogen and oxygen atoms in total. The smallest absolute Gasteiger partial charge is 0.126 e. The van der Waals surface area contributed by atoms with Crippen LogP contribution in [0.25, 0.3) is 11.1 Å². The van der Waals surface area contributed by atoms with Gasteiger partial charge in [-0.3, -0.25) is 0 Å². The summed E-state index contributed by atoms with van der Waals surface area (Å²) in [4.78, 5) is 4.12. The Bertz CT molecular complexity index is 451. The van der Waals surface area contributed by atoms with Crippen molar-refractivity contribution in [2.45, 2.75) is 0 Å². The average Bonchev–Trinajstić information content (AvgIpc) is 2.30. The van der Waals surface area contributed by atoms with Crippen LogP contribution in [0.15, 0.2) is 42.6 Å². The quantitative estimate of drug-likeness (QED) is 0.809. The van der Waals surface area contributed by atoms with Crippen LogP contribution in [0, 0.1) is 5.82 Å². The molecule has 0 unspecified atom stereocenters. The van der Waals surface area contributed by atoms with Crippen molar-refractivity contribution in [3.8, 4) is 11.1 Å². The Hall–Kier alpha value is -1.90. The summed E-state index contributed by atoms with van der Waals surface area (Å²) in [7, 11) is 1.82. The third kappa shape index (κ3) is 2.13. The molecule has 0 radical (unpaired) electrons. The predicted octanol–water partition coefficient (Wildman–Crippen LogP) is 2.93. The number of rotatable bonds is 2. The second kappa shape index (κ2) is 4.09. The molecule has 1 heterocycles. The highest BCUT2D eigenvalue weighted by Crippen LogP contribution is 2.20. The molecule has 2 aromatic rings. The van der Waals surface area contributed by atoms with Crippen molar-refractivity contribution in [3.63, 3.8) is 0 Å². The maximum absolute atomic E-state index is 12.7. The molecular formula is C12H11FN2. The summed E-state index contributed by atoms with van der Waals surface area (Å²) < 4.78 is 12.7. The Morgan fingerprint density at radius 1 is 1.07 bits per heavy atom. The number of pyridine rings is 1. The molecule has 0 aliphatic carbocycles. The first-order valence-corrected chi connectivity index (χ1v) is 4.69. The molecule has 1 aromatic carbocycles. The van der Waals surface area contributed by atoms with E-state index in [1.807, 2.05) is 19.2 Å². The normalized spacial score (nSPS) is 10.0. The first-order valence-electron chi connectivity index (χ1n) is 4.69. The summed E-state index contributed by atoms with van der Waals surface area (Å²) in [5.41, 5.74) is 2.00. The van der Waals surface area contributed by atoms with Gasteiger partial charge in [0, 0.05) is 13.2 Å². The van der Waals surface area contributed by atoms with Crippen LogP contribution in [0.5, 0.6) is 0 Å². The van der Waals surface area contributed by atoms with E-state index in [9.17, 15) is 4.39 Å². The Labute approximate surface area is 87.8 Å². The van der Waals surface area contributed by atoms with E-state index in [4.69, 9.17) is 0 Å². The van der Waals surface area contributed by atoms with Crippen molar-refractivity contribution >= 4 is 5.82 Å². The van der Waals surface area contributed by atoms with E-state index in [1.165, 1.54) is 12.1 Å². The number of anilines is 1. The lowest BCUT2D eigenvalue weighted by Crippen LogP contribution is -1.91. The second-order valence-corrected chi connectivity index (χ2v) is 3.19. The minimum Gasteiger partial charge on any atom is -0.373 e. The molecule has 1 N–H and O–H groups in total. The van der Waals surface area contributed by atoms with E-state index in [0.717, 1.165) is 16.9 Å². The maximum atomic E-state index is 12.7. The van der Waals surface area contributed by atoms with Gasteiger partial charge in [-0.2, -0.15) is 0 Å². The van der Waals surface area contributed by atoms with E-state index in [1.54, 1.807) is 18.3 Å². The summed E-state index contributed by atoms with van der Waals surface area (Å²) in [6, 6.07) is 10.2. The largest absolute Gasteiger partial charge is 0.373 e. The Morgan fingerprint density at radius 2 is 1.80 bits per heavy atom. The highest BCUT2D eigenvalue weighted by Gasteiger charge is 1.99. The number of hydrogen-bond acceptors (Lipinski definition) is 2. The third-order valence-electron chi connectivity index (χ3n) is 2.19. The van der Waals surface area contributed by atoms with E-state index in [0.29, 0.717) is 0 Å². The summed E-state index contributed by atoms with van der Waals surface area (Å²) in [6.45, 7) is 0. The predicted molar refractivity (Wildman–Crippen MR) is 59.2 cm³/mol. The molecule has 1 aromatic heterocycles. The van der Waals surface area contributed by atoms with Gasteiger partial charge < -0.3 is 5.32 Å². The van der Waals surface area contributed by atoms with Crippen LogP contribution in [0.4, 0.5) is 10.2 Å². The van der Waals surface area contributed by atoms with Crippen molar-refractivity contribution in [2.75, 3.05) is 12.4 Å². The molecule has 0 saturated carbocycles. The van der Waals surface area contributed by atoms with Gasteiger partial charge in [-0.05, 0) is 35.4 Å². The van der Waals surface area contributed by atoms with Crippen molar-refractivity contribution in [1.29, 1.82) is 0 Å². The number of aromatic nitrogens is 1. The molecule has 0 aliphatic heterocycles. The van der Waals surface area contributed by atoms with Gasteiger partial charge in [0.2, 0.25) is 0 Å². The second-order valence-electron chi connectivity index (χ2n) is 3.19. The number of nitrogens with one attached hydrogen (secondary N) is 1. The zero-order valence-corrected chi connectivity index (χ0v) is 8.37. The van der Waals surface area contributed by atoms with Crippen LogP contribution in [0.1, 0.15) is 0 Å².